The number of hydrogen-bond acceptors (Lipinski definition) is 4. The van der Waals surface area contributed by atoms with Gasteiger partial charge in [0, 0.05) is 11.5 Å². The summed E-state index contributed by atoms with van der Waals surface area (Å²) in [6.07, 6.45) is 3.81. The first kappa shape index (κ1) is 19.4. The number of carbonyl (C=O) groups is 2. The van der Waals surface area contributed by atoms with Crippen molar-refractivity contribution in [3.8, 4) is 5.75 Å². The normalized spacial score (nSPS) is 30.6. The van der Waals surface area contributed by atoms with Crippen LogP contribution < -0.4 is 0 Å². The Balaban J connectivity index is 1.71. The molecule has 0 amide bonds. The van der Waals surface area contributed by atoms with Crippen molar-refractivity contribution >= 4 is 17.8 Å². The Labute approximate surface area is 159 Å². The minimum atomic E-state index is -0.911. The Bertz CT molecular complexity index is 836. The fraction of sp³-hybridized carbons (Fsp3) is 0.455. The van der Waals surface area contributed by atoms with Crippen LogP contribution >= 0.6 is 0 Å². The SMILES string of the molecule is Cc1cc(/C=C/C(=O)C2=C(C3[C@H](C)CC(C)(C(=O)O)C[C@@H]3O)C2)ccc1O. The predicted octanol–water partition coefficient (Wildman–Crippen LogP) is 3.48. The van der Waals surface area contributed by atoms with Crippen LogP contribution in [0.5, 0.6) is 5.75 Å². The fourth-order valence-corrected chi connectivity index (χ4v) is 4.40. The van der Waals surface area contributed by atoms with Crippen LogP contribution in [-0.4, -0.2) is 33.2 Å². The Hall–Kier alpha value is -2.40. The third kappa shape index (κ3) is 3.83. The number of carboxylic acid groups (broad SMARTS) is 1. The van der Waals surface area contributed by atoms with Crippen molar-refractivity contribution < 1.29 is 24.9 Å². The third-order valence-electron chi connectivity index (χ3n) is 5.95. The van der Waals surface area contributed by atoms with Crippen molar-refractivity contribution in [2.45, 2.75) is 46.1 Å². The molecule has 0 aromatic heterocycles. The molecule has 0 saturated heterocycles. The van der Waals surface area contributed by atoms with Gasteiger partial charge in [0.2, 0.25) is 0 Å². The van der Waals surface area contributed by atoms with E-state index in [1.165, 1.54) is 6.08 Å². The zero-order valence-corrected chi connectivity index (χ0v) is 15.9. The summed E-state index contributed by atoms with van der Waals surface area (Å²) in [5.74, 6) is -0.847. The maximum atomic E-state index is 12.5. The molecule has 27 heavy (non-hydrogen) atoms. The number of allylic oxidation sites excluding steroid dienone is 2. The summed E-state index contributed by atoms with van der Waals surface area (Å²) < 4.78 is 0. The van der Waals surface area contributed by atoms with E-state index in [1.54, 1.807) is 38.1 Å². The number of aliphatic carboxylic acids is 1. The van der Waals surface area contributed by atoms with Gasteiger partial charge in [-0.1, -0.05) is 24.6 Å². The van der Waals surface area contributed by atoms with E-state index in [9.17, 15) is 24.9 Å². The maximum Gasteiger partial charge on any atom is 0.309 e. The second kappa shape index (κ2) is 6.97. The number of hydrogen-bond donors (Lipinski definition) is 3. The topological polar surface area (TPSA) is 94.8 Å². The molecule has 5 heteroatoms. The van der Waals surface area contributed by atoms with Crippen LogP contribution in [0.1, 0.15) is 44.2 Å². The van der Waals surface area contributed by atoms with Gasteiger partial charge in [0.15, 0.2) is 5.78 Å². The van der Waals surface area contributed by atoms with Gasteiger partial charge in [-0.25, -0.2) is 0 Å². The lowest BCUT2D eigenvalue weighted by molar-refractivity contribution is -0.155. The van der Waals surface area contributed by atoms with Crippen LogP contribution in [-0.2, 0) is 9.59 Å². The molecule has 1 aromatic carbocycles. The highest BCUT2D eigenvalue weighted by atomic mass is 16.4. The number of benzene rings is 1. The molecule has 0 radical (unpaired) electrons. The molecule has 5 nitrogen and oxygen atoms in total. The lowest BCUT2D eigenvalue weighted by Gasteiger charge is -2.41. The van der Waals surface area contributed by atoms with Gasteiger partial charge in [-0.3, -0.25) is 9.59 Å². The van der Waals surface area contributed by atoms with Crippen LogP contribution in [0.2, 0.25) is 0 Å². The van der Waals surface area contributed by atoms with Crippen molar-refractivity contribution in [1.29, 1.82) is 0 Å². The molecule has 1 saturated carbocycles. The van der Waals surface area contributed by atoms with E-state index >= 15 is 0 Å². The number of ketones is 1. The Morgan fingerprint density at radius 1 is 1.26 bits per heavy atom. The van der Waals surface area contributed by atoms with E-state index in [2.05, 4.69) is 0 Å². The molecule has 144 valence electrons. The average molecular weight is 370 g/mol. The van der Waals surface area contributed by atoms with E-state index in [0.717, 1.165) is 22.3 Å². The molecule has 3 rings (SSSR count). The van der Waals surface area contributed by atoms with Gasteiger partial charge in [0.1, 0.15) is 5.75 Å². The smallest absolute Gasteiger partial charge is 0.309 e. The van der Waals surface area contributed by atoms with Gasteiger partial charge in [-0.2, -0.15) is 0 Å². The van der Waals surface area contributed by atoms with Crippen LogP contribution in [0, 0.1) is 24.2 Å². The van der Waals surface area contributed by atoms with Crippen LogP contribution in [0.4, 0.5) is 0 Å². The van der Waals surface area contributed by atoms with E-state index in [1.807, 2.05) is 6.92 Å². The number of rotatable bonds is 5. The largest absolute Gasteiger partial charge is 0.508 e. The highest BCUT2D eigenvalue weighted by Gasteiger charge is 2.49. The summed E-state index contributed by atoms with van der Waals surface area (Å²) >= 11 is 0. The average Bonchev–Trinajstić information content (AvgIpc) is 3.35. The molecule has 1 aromatic rings. The number of aryl methyl sites for hydroxylation is 1. The zero-order chi connectivity index (χ0) is 19.9. The summed E-state index contributed by atoms with van der Waals surface area (Å²) in [7, 11) is 0. The van der Waals surface area contributed by atoms with Crippen molar-refractivity contribution in [2.75, 3.05) is 0 Å². The molecular formula is C22H26O5. The van der Waals surface area contributed by atoms with Crippen molar-refractivity contribution in [1.82, 2.24) is 0 Å². The number of phenolic OH excluding ortho intramolecular Hbond substituents is 1. The summed E-state index contributed by atoms with van der Waals surface area (Å²) in [5.41, 5.74) is 2.38. The third-order valence-corrected chi connectivity index (χ3v) is 5.95. The first-order valence-corrected chi connectivity index (χ1v) is 9.28. The molecule has 0 bridgehead atoms. The van der Waals surface area contributed by atoms with Crippen LogP contribution in [0.3, 0.4) is 0 Å². The molecule has 4 atom stereocenters. The summed E-state index contributed by atoms with van der Waals surface area (Å²) in [6.45, 7) is 5.43. The Kier molecular flexibility index (Phi) is 5.00. The van der Waals surface area contributed by atoms with E-state index < -0.39 is 17.5 Å². The molecule has 2 aliphatic carbocycles. The number of phenols is 1. The predicted molar refractivity (Wildman–Crippen MR) is 102 cm³/mol. The van der Waals surface area contributed by atoms with Gasteiger partial charge in [0.05, 0.1) is 11.5 Å². The Morgan fingerprint density at radius 2 is 1.96 bits per heavy atom. The van der Waals surface area contributed by atoms with Crippen LogP contribution in [0.15, 0.2) is 35.4 Å². The first-order valence-electron chi connectivity index (χ1n) is 9.28. The lowest BCUT2D eigenvalue weighted by Crippen LogP contribution is -2.44. The monoisotopic (exact) mass is 370 g/mol. The molecule has 2 aliphatic rings. The lowest BCUT2D eigenvalue weighted by atomic mass is 9.64. The van der Waals surface area contributed by atoms with E-state index in [4.69, 9.17) is 0 Å². The molecule has 0 spiro atoms. The summed E-state index contributed by atoms with van der Waals surface area (Å²) in [4.78, 5) is 24.0. The van der Waals surface area contributed by atoms with Gasteiger partial charge < -0.3 is 15.3 Å². The highest BCUT2D eigenvalue weighted by molar-refractivity contribution is 6.10. The van der Waals surface area contributed by atoms with Crippen LogP contribution in [0.25, 0.3) is 6.08 Å². The van der Waals surface area contributed by atoms with Crippen molar-refractivity contribution in [3.63, 3.8) is 0 Å². The number of aromatic hydroxyl groups is 1. The van der Waals surface area contributed by atoms with Gasteiger partial charge in [0.25, 0.3) is 0 Å². The second-order valence-corrected chi connectivity index (χ2v) is 8.27. The summed E-state index contributed by atoms with van der Waals surface area (Å²) in [5, 5.41) is 29.5. The minimum absolute atomic E-state index is 0.0128. The molecule has 0 aliphatic heterocycles. The standard InChI is InChI=1S/C22H26O5/c1-12-8-14(4-6-17(12)23)5-7-18(24)15-9-16(15)20-13(2)10-22(3,21(26)27)11-19(20)25/h4-8,13,19-20,23,25H,9-11H2,1-3H3,(H,26,27)/b7-5+/t13-,19+,20?,22?/m1/s1. The molecule has 3 N–H and O–H groups in total. The van der Waals surface area contributed by atoms with Gasteiger partial charge in [-0.05, 0) is 68.4 Å². The number of aliphatic hydroxyl groups excluding tert-OH is 1. The number of carbonyl (C=O) groups excluding carboxylic acids is 1. The first-order chi connectivity index (χ1) is 12.6. The Morgan fingerprint density at radius 3 is 2.56 bits per heavy atom. The highest BCUT2D eigenvalue weighted by Crippen LogP contribution is 2.51. The second-order valence-electron chi connectivity index (χ2n) is 8.27. The molecule has 1 fully saturated rings. The van der Waals surface area contributed by atoms with Crippen molar-refractivity contribution in [2.24, 2.45) is 17.3 Å². The minimum Gasteiger partial charge on any atom is -0.508 e. The zero-order valence-electron chi connectivity index (χ0n) is 15.9. The summed E-state index contributed by atoms with van der Waals surface area (Å²) in [6, 6.07) is 5.15. The maximum absolute atomic E-state index is 12.5. The molecule has 2 unspecified atom stereocenters. The molecule has 0 heterocycles. The fourth-order valence-electron chi connectivity index (χ4n) is 4.40. The van der Waals surface area contributed by atoms with Crippen molar-refractivity contribution in [3.05, 3.63) is 46.5 Å². The van der Waals surface area contributed by atoms with Gasteiger partial charge in [-0.15, -0.1) is 0 Å². The molecular weight excluding hydrogens is 344 g/mol. The number of aliphatic hydroxyl groups is 1. The quantitative estimate of drug-likeness (QED) is 0.690. The van der Waals surface area contributed by atoms with E-state index in [0.29, 0.717) is 12.8 Å². The van der Waals surface area contributed by atoms with Gasteiger partial charge >= 0.3 is 5.97 Å². The van der Waals surface area contributed by atoms with E-state index in [-0.39, 0.29) is 29.8 Å². The number of carboxylic acids is 1.